The maximum Gasteiger partial charge on any atom is 0.248 e. The Kier molecular flexibility index (Phi) is 9.36. The lowest BCUT2D eigenvalue weighted by Gasteiger charge is -2.18. The van der Waals surface area contributed by atoms with E-state index < -0.39 is 23.8 Å². The van der Waals surface area contributed by atoms with Crippen LogP contribution in [0.4, 0.5) is 11.4 Å². The van der Waals surface area contributed by atoms with E-state index in [1.165, 1.54) is 35.6 Å². The smallest absolute Gasteiger partial charge is 0.248 e. The number of anilines is 2. The molecule has 0 radical (unpaired) electrons. The van der Waals surface area contributed by atoms with E-state index in [0.29, 0.717) is 27.5 Å². The Hall–Kier alpha value is -4.67. The van der Waals surface area contributed by atoms with E-state index in [9.17, 15) is 14.4 Å². The molecule has 0 unspecified atom stereocenters. The Balaban J connectivity index is 1.79. The zero-order valence-corrected chi connectivity index (χ0v) is 20.4. The lowest BCUT2D eigenvalue weighted by Crippen LogP contribution is -2.44. The highest BCUT2D eigenvalue weighted by atomic mass is 35.5. The van der Waals surface area contributed by atoms with Crippen LogP contribution in [-0.2, 0) is 16.0 Å². The van der Waals surface area contributed by atoms with Gasteiger partial charge in [0.1, 0.15) is 12.4 Å². The van der Waals surface area contributed by atoms with E-state index in [0.717, 1.165) is 5.56 Å². The van der Waals surface area contributed by atoms with Crippen molar-refractivity contribution in [2.24, 2.45) is 22.5 Å². The molecule has 3 aromatic carbocycles. The lowest BCUT2D eigenvalue weighted by atomic mass is 10.0. The number of primary amides is 1. The number of carbonyl (C=O) groups excluding carboxylic acids is 3. The Morgan fingerprint density at radius 1 is 1.03 bits per heavy atom. The van der Waals surface area contributed by atoms with Gasteiger partial charge in [-0.1, -0.05) is 41.9 Å². The monoisotopic (exact) mass is 519 g/mol. The van der Waals surface area contributed by atoms with Crippen molar-refractivity contribution in [2.45, 2.75) is 12.5 Å². The van der Waals surface area contributed by atoms with E-state index in [2.05, 4.69) is 15.7 Å². The van der Waals surface area contributed by atoms with Gasteiger partial charge in [0.25, 0.3) is 0 Å². The first-order valence-corrected chi connectivity index (χ1v) is 11.4. The van der Waals surface area contributed by atoms with Crippen molar-refractivity contribution >= 4 is 53.1 Å². The van der Waals surface area contributed by atoms with Gasteiger partial charge < -0.3 is 22.2 Å². The molecule has 3 rings (SSSR count). The third-order valence-corrected chi connectivity index (χ3v) is 5.46. The Bertz CT molecular complexity index is 1310. The summed E-state index contributed by atoms with van der Waals surface area (Å²) in [6.45, 7) is 0. The van der Waals surface area contributed by atoms with Gasteiger partial charge in [-0.05, 0) is 54.1 Å². The Labute approximate surface area is 218 Å². The van der Waals surface area contributed by atoms with E-state index >= 15 is 0 Å². The molecule has 8 N–H and O–H groups in total. The zero-order chi connectivity index (χ0) is 26.8. The van der Waals surface area contributed by atoms with Gasteiger partial charge >= 0.3 is 0 Å². The molecule has 0 saturated carbocycles. The van der Waals surface area contributed by atoms with E-state index in [1.54, 1.807) is 30.3 Å². The fourth-order valence-corrected chi connectivity index (χ4v) is 3.60. The van der Waals surface area contributed by atoms with Crippen LogP contribution in [0.2, 0.25) is 5.02 Å². The number of hydrogen-bond donors (Lipinski definition) is 5. The average Bonchev–Trinajstić information content (AvgIpc) is 2.88. The predicted molar refractivity (Wildman–Crippen MR) is 145 cm³/mol. The number of nitrogens with one attached hydrogen (secondary N) is 2. The van der Waals surface area contributed by atoms with Gasteiger partial charge in [0.15, 0.2) is 0 Å². The molecule has 0 aliphatic heterocycles. The van der Waals surface area contributed by atoms with Crippen LogP contribution in [0.3, 0.4) is 0 Å². The molecule has 0 saturated heterocycles. The number of carbonyl (C=O) groups is 3. The topological polar surface area (TPSA) is 169 Å². The number of nitrogens with two attached hydrogens (primary N) is 3. The van der Waals surface area contributed by atoms with Crippen molar-refractivity contribution in [1.29, 1.82) is 0 Å². The maximum absolute atomic E-state index is 13.1. The lowest BCUT2D eigenvalue weighted by molar-refractivity contribution is -0.123. The number of hydrazine groups is 1. The number of benzene rings is 3. The van der Waals surface area contributed by atoms with Crippen molar-refractivity contribution in [3.05, 3.63) is 101 Å². The first kappa shape index (κ1) is 26.9. The van der Waals surface area contributed by atoms with Crippen molar-refractivity contribution in [2.75, 3.05) is 10.3 Å². The van der Waals surface area contributed by atoms with Crippen LogP contribution in [0, 0.1) is 0 Å². The van der Waals surface area contributed by atoms with Gasteiger partial charge in [0.2, 0.25) is 17.7 Å². The third-order valence-electron chi connectivity index (χ3n) is 5.23. The molecule has 11 heteroatoms. The van der Waals surface area contributed by atoms with Crippen molar-refractivity contribution in [1.82, 2.24) is 5.32 Å². The molecule has 3 amide bonds. The molecule has 0 spiro atoms. The summed E-state index contributed by atoms with van der Waals surface area (Å²) in [6.07, 6.45) is 4.24. The average molecular weight is 520 g/mol. The molecule has 0 aliphatic rings. The normalized spacial score (nSPS) is 11.8. The zero-order valence-electron chi connectivity index (χ0n) is 19.7. The van der Waals surface area contributed by atoms with Gasteiger partial charge in [0, 0.05) is 34.3 Å². The van der Waals surface area contributed by atoms with Crippen molar-refractivity contribution in [3.63, 3.8) is 0 Å². The number of rotatable bonds is 10. The minimum atomic E-state index is -0.899. The minimum Gasteiger partial charge on any atom is -0.366 e. The fraction of sp³-hybridized carbons (Fsp3) is 0.0769. The maximum atomic E-state index is 13.1. The van der Waals surface area contributed by atoms with Gasteiger partial charge in [-0.2, -0.15) is 5.10 Å². The van der Waals surface area contributed by atoms with Crippen LogP contribution in [0.15, 0.2) is 84.0 Å². The first-order valence-electron chi connectivity index (χ1n) is 11.1. The quantitative estimate of drug-likeness (QED) is 0.0905. The van der Waals surface area contributed by atoms with Gasteiger partial charge in [-0.3, -0.25) is 19.4 Å². The van der Waals surface area contributed by atoms with E-state index in [4.69, 9.17) is 29.0 Å². The molecule has 0 aromatic heterocycles. The van der Waals surface area contributed by atoms with Crippen LogP contribution in [-0.4, -0.2) is 30.1 Å². The number of halogens is 1. The standard InChI is InChI=1S/C26H26ClN7O3/c27-20-9-12-23(34(30)16-31-29)19(15-20)8-13-24(35)33-22(14-17-4-2-1-3-5-17)26(37)32-21-10-6-18(7-11-21)25(28)36/h1-13,15-16,22H,14,29-30H2,(H2,28,36)(H,32,37)(H,33,35)/b13-8+,31-16-/t22-/m0/s1. The molecule has 1 atom stereocenters. The largest absolute Gasteiger partial charge is 0.366 e. The highest BCUT2D eigenvalue weighted by molar-refractivity contribution is 6.30. The molecule has 0 bridgehead atoms. The summed E-state index contributed by atoms with van der Waals surface area (Å²) in [4.78, 5) is 37.2. The summed E-state index contributed by atoms with van der Waals surface area (Å²) in [5.41, 5.74) is 7.91. The summed E-state index contributed by atoms with van der Waals surface area (Å²) in [7, 11) is 0. The van der Waals surface area contributed by atoms with E-state index in [-0.39, 0.29) is 6.42 Å². The summed E-state index contributed by atoms with van der Waals surface area (Å²) in [5.74, 6) is 9.57. The molecular weight excluding hydrogens is 494 g/mol. The Morgan fingerprint density at radius 3 is 2.38 bits per heavy atom. The van der Waals surface area contributed by atoms with Crippen LogP contribution in [0.1, 0.15) is 21.5 Å². The molecule has 190 valence electrons. The fourth-order valence-electron chi connectivity index (χ4n) is 3.42. The van der Waals surface area contributed by atoms with E-state index in [1.807, 2.05) is 30.3 Å². The molecule has 0 fully saturated rings. The molecule has 10 nitrogen and oxygen atoms in total. The summed E-state index contributed by atoms with van der Waals surface area (Å²) >= 11 is 6.10. The second kappa shape index (κ2) is 12.9. The number of nitrogens with zero attached hydrogens (tertiary/aromatic N) is 2. The predicted octanol–water partition coefficient (Wildman–Crippen LogP) is 2.40. The molecule has 3 aromatic rings. The van der Waals surface area contributed by atoms with Crippen molar-refractivity contribution in [3.8, 4) is 0 Å². The van der Waals surface area contributed by atoms with Gasteiger partial charge in [-0.15, -0.1) is 0 Å². The SMILES string of the molecule is N/N=C\N(N)c1ccc(Cl)cc1/C=C/C(=O)N[C@@H](Cc1ccccc1)C(=O)Nc1ccc(C(N)=O)cc1. The van der Waals surface area contributed by atoms with Gasteiger partial charge in [-0.25, -0.2) is 5.84 Å². The first-order chi connectivity index (χ1) is 17.8. The van der Waals surface area contributed by atoms with Crippen LogP contribution in [0.5, 0.6) is 0 Å². The minimum absolute atomic E-state index is 0.248. The second-order valence-corrected chi connectivity index (χ2v) is 8.33. The third kappa shape index (κ3) is 7.92. The Morgan fingerprint density at radius 2 is 1.73 bits per heavy atom. The van der Waals surface area contributed by atoms with Crippen LogP contribution < -0.4 is 33.1 Å². The summed E-state index contributed by atoms with van der Waals surface area (Å²) in [6, 6.07) is 19.4. The number of amides is 3. The molecule has 37 heavy (non-hydrogen) atoms. The molecule has 0 aliphatic carbocycles. The summed E-state index contributed by atoms with van der Waals surface area (Å²) < 4.78 is 0. The molecular formula is C26H26ClN7O3. The number of hydrazone groups is 1. The highest BCUT2D eigenvalue weighted by Crippen LogP contribution is 2.23. The van der Waals surface area contributed by atoms with Crippen molar-refractivity contribution < 1.29 is 14.4 Å². The van der Waals surface area contributed by atoms with Gasteiger partial charge in [0.05, 0.1) is 5.69 Å². The number of hydrogen-bond acceptors (Lipinski definition) is 6. The second-order valence-electron chi connectivity index (χ2n) is 7.89. The molecule has 0 heterocycles. The van der Waals surface area contributed by atoms with Crippen LogP contribution in [0.25, 0.3) is 6.08 Å². The van der Waals surface area contributed by atoms with Crippen LogP contribution >= 0.6 is 11.6 Å². The highest BCUT2D eigenvalue weighted by Gasteiger charge is 2.21. The summed E-state index contributed by atoms with van der Waals surface area (Å²) in [5, 5.41) is 10.5.